The maximum Gasteiger partial charge on any atom is 0.258 e. The van der Waals surface area contributed by atoms with Gasteiger partial charge in [-0.15, -0.1) is 0 Å². The number of H-pyrrole nitrogens is 1. The van der Waals surface area contributed by atoms with E-state index < -0.39 is 11.6 Å². The zero-order chi connectivity index (χ0) is 23.7. The van der Waals surface area contributed by atoms with Gasteiger partial charge in [0.15, 0.2) is 5.82 Å². The monoisotopic (exact) mass is 485 g/mol. The average Bonchev–Trinajstić information content (AvgIpc) is 3.25. The predicted molar refractivity (Wildman–Crippen MR) is 126 cm³/mol. The summed E-state index contributed by atoms with van der Waals surface area (Å²) in [7, 11) is 0. The number of nitrogens with two attached hydrogens (primary N) is 1. The second-order valence-corrected chi connectivity index (χ2v) is 8.40. The predicted octanol–water partition coefficient (Wildman–Crippen LogP) is 4.55. The number of rotatable bonds is 6. The lowest BCUT2D eigenvalue weighted by Crippen LogP contribution is -2.35. The highest BCUT2D eigenvalue weighted by Crippen LogP contribution is 2.30. The lowest BCUT2D eigenvalue weighted by atomic mass is 10.1. The van der Waals surface area contributed by atoms with Crippen molar-refractivity contribution in [2.45, 2.75) is 13.2 Å². The molecule has 1 saturated heterocycles. The minimum atomic E-state index is -0.734. The third-order valence-electron chi connectivity index (χ3n) is 5.82. The van der Waals surface area contributed by atoms with Gasteiger partial charge in [0.2, 0.25) is 0 Å². The Bertz CT molecular complexity index is 1340. The molecule has 0 spiro atoms. The first-order chi connectivity index (χ1) is 16.5. The Balaban J connectivity index is 1.41. The van der Waals surface area contributed by atoms with Crippen LogP contribution in [0.25, 0.3) is 22.2 Å². The third-order valence-corrected chi connectivity index (χ3v) is 6.23. The van der Waals surface area contributed by atoms with Crippen LogP contribution in [0.2, 0.25) is 5.02 Å². The second kappa shape index (κ2) is 9.54. The highest BCUT2D eigenvalue weighted by molar-refractivity contribution is 6.31. The van der Waals surface area contributed by atoms with Gasteiger partial charge in [-0.1, -0.05) is 17.7 Å². The number of morpholine rings is 1. The van der Waals surface area contributed by atoms with Crippen LogP contribution in [-0.4, -0.2) is 46.2 Å². The molecule has 1 aliphatic heterocycles. The van der Waals surface area contributed by atoms with Crippen molar-refractivity contribution >= 4 is 28.3 Å². The summed E-state index contributed by atoms with van der Waals surface area (Å²) in [6, 6.07) is 7.89. The quantitative estimate of drug-likeness (QED) is 0.389. The zero-order valence-electron chi connectivity index (χ0n) is 18.2. The number of halogens is 3. The fraction of sp³-hybridized carbons (Fsp3) is 0.250. The summed E-state index contributed by atoms with van der Waals surface area (Å²) in [5.74, 6) is -1.37. The summed E-state index contributed by atoms with van der Waals surface area (Å²) >= 11 is 5.89. The van der Waals surface area contributed by atoms with Crippen LogP contribution in [0.3, 0.4) is 0 Å². The number of aromatic nitrogens is 3. The van der Waals surface area contributed by atoms with E-state index in [0.717, 1.165) is 61.4 Å². The number of benzene rings is 2. The Morgan fingerprint density at radius 3 is 2.76 bits per heavy atom. The molecule has 176 valence electrons. The first kappa shape index (κ1) is 22.5. The molecule has 1 fully saturated rings. The number of hydrogen-bond acceptors (Lipinski definition) is 6. The van der Waals surface area contributed by atoms with Gasteiger partial charge in [0.05, 0.1) is 30.1 Å². The third kappa shape index (κ3) is 4.54. The Morgan fingerprint density at radius 1 is 1.15 bits per heavy atom. The first-order valence-corrected chi connectivity index (χ1v) is 11.2. The molecule has 3 N–H and O–H groups in total. The molecule has 2 aromatic carbocycles. The van der Waals surface area contributed by atoms with Gasteiger partial charge in [-0.3, -0.25) is 4.90 Å². The molecule has 34 heavy (non-hydrogen) atoms. The Labute approximate surface area is 199 Å². The maximum absolute atomic E-state index is 14.1. The molecule has 3 heterocycles. The summed E-state index contributed by atoms with van der Waals surface area (Å²) in [5, 5.41) is 0.743. The molecule has 5 rings (SSSR count). The summed E-state index contributed by atoms with van der Waals surface area (Å²) in [6.45, 7) is 3.74. The number of ether oxygens (including phenoxy) is 2. The number of hydrogen-bond donors (Lipinski definition) is 2. The maximum atomic E-state index is 14.1. The van der Waals surface area contributed by atoms with Crippen LogP contribution in [0.5, 0.6) is 5.88 Å². The Hall–Kier alpha value is -3.27. The van der Waals surface area contributed by atoms with Crippen molar-refractivity contribution in [3.63, 3.8) is 0 Å². The molecule has 0 amide bonds. The molecule has 10 heteroatoms. The van der Waals surface area contributed by atoms with E-state index in [1.165, 1.54) is 5.56 Å². The van der Waals surface area contributed by atoms with Crippen LogP contribution < -0.4 is 10.5 Å². The average molecular weight is 486 g/mol. The van der Waals surface area contributed by atoms with E-state index in [9.17, 15) is 8.78 Å². The number of nitrogens with one attached hydrogen (secondary N) is 1. The molecule has 0 unspecified atom stereocenters. The molecule has 0 atom stereocenters. The Morgan fingerprint density at radius 2 is 1.94 bits per heavy atom. The standard InChI is InChI=1S/C24H22ClF2N5O2/c25-22-17(18(26)2-3-19(22)27)13-34-24-23(28)30-11-21(31-24)14-1-4-20-16(9-14)15(10-29-20)12-32-5-7-33-8-6-32/h1-4,9-11,29H,5-8,12-13H2,(H2,28,30). The van der Waals surface area contributed by atoms with Crippen molar-refractivity contribution in [2.24, 2.45) is 0 Å². The lowest BCUT2D eigenvalue weighted by molar-refractivity contribution is 0.0343. The van der Waals surface area contributed by atoms with Gasteiger partial charge >= 0.3 is 0 Å². The van der Waals surface area contributed by atoms with Crippen LogP contribution in [0.1, 0.15) is 11.1 Å². The van der Waals surface area contributed by atoms with E-state index in [-0.39, 0.29) is 28.9 Å². The van der Waals surface area contributed by atoms with Crippen molar-refractivity contribution in [3.8, 4) is 17.1 Å². The summed E-state index contributed by atoms with van der Waals surface area (Å²) in [4.78, 5) is 14.3. The van der Waals surface area contributed by atoms with Crippen molar-refractivity contribution in [3.05, 3.63) is 70.5 Å². The number of nitrogen functional groups attached to an aromatic ring is 1. The molecule has 1 aliphatic rings. The van der Waals surface area contributed by atoms with Crippen molar-refractivity contribution in [1.29, 1.82) is 0 Å². The van der Waals surface area contributed by atoms with Crippen LogP contribution in [-0.2, 0) is 17.9 Å². The van der Waals surface area contributed by atoms with Crippen molar-refractivity contribution in [2.75, 3.05) is 32.0 Å². The minimum Gasteiger partial charge on any atom is -0.470 e. The molecule has 0 aliphatic carbocycles. The lowest BCUT2D eigenvalue weighted by Gasteiger charge is -2.26. The molecule has 0 radical (unpaired) electrons. The van der Waals surface area contributed by atoms with Gasteiger partial charge in [0, 0.05) is 47.9 Å². The summed E-state index contributed by atoms with van der Waals surface area (Å²) in [5.41, 5.74) is 9.36. The number of aromatic amines is 1. The fourth-order valence-electron chi connectivity index (χ4n) is 3.94. The smallest absolute Gasteiger partial charge is 0.258 e. The van der Waals surface area contributed by atoms with Gasteiger partial charge < -0.3 is 20.2 Å². The summed E-state index contributed by atoms with van der Waals surface area (Å²) in [6.07, 6.45) is 3.57. The van der Waals surface area contributed by atoms with Crippen molar-refractivity contribution < 1.29 is 18.3 Å². The SMILES string of the molecule is Nc1ncc(-c2ccc3[nH]cc(CN4CCOCC4)c3c2)nc1OCc1c(F)ccc(F)c1Cl. The van der Waals surface area contributed by atoms with E-state index >= 15 is 0 Å². The van der Waals surface area contributed by atoms with Gasteiger partial charge in [0.25, 0.3) is 5.88 Å². The number of anilines is 1. The molecule has 7 nitrogen and oxygen atoms in total. The van der Waals surface area contributed by atoms with E-state index in [2.05, 4.69) is 19.9 Å². The molecule has 2 aromatic heterocycles. The molecular formula is C24H22ClF2N5O2. The normalized spacial score (nSPS) is 14.6. The van der Waals surface area contributed by atoms with Crippen LogP contribution in [0, 0.1) is 11.6 Å². The van der Waals surface area contributed by atoms with Gasteiger partial charge in [-0.2, -0.15) is 0 Å². The van der Waals surface area contributed by atoms with Gasteiger partial charge in [0.1, 0.15) is 18.2 Å². The second-order valence-electron chi connectivity index (χ2n) is 8.02. The Kier molecular flexibility index (Phi) is 6.32. The molecular weight excluding hydrogens is 464 g/mol. The van der Waals surface area contributed by atoms with Crippen molar-refractivity contribution in [1.82, 2.24) is 19.9 Å². The molecule has 0 bridgehead atoms. The highest BCUT2D eigenvalue weighted by Gasteiger charge is 2.17. The van der Waals surface area contributed by atoms with E-state index in [0.29, 0.717) is 5.69 Å². The van der Waals surface area contributed by atoms with E-state index in [1.807, 2.05) is 24.4 Å². The minimum absolute atomic E-state index is 0.0138. The van der Waals surface area contributed by atoms with Gasteiger partial charge in [-0.25, -0.2) is 18.7 Å². The topological polar surface area (TPSA) is 89.3 Å². The van der Waals surface area contributed by atoms with Crippen LogP contribution in [0.15, 0.2) is 42.7 Å². The summed E-state index contributed by atoms with van der Waals surface area (Å²) < 4.78 is 38.8. The number of fused-ring (bicyclic) bond motifs is 1. The largest absolute Gasteiger partial charge is 0.470 e. The molecule has 4 aromatic rings. The molecule has 0 saturated carbocycles. The van der Waals surface area contributed by atoms with E-state index in [1.54, 1.807) is 6.20 Å². The highest BCUT2D eigenvalue weighted by atomic mass is 35.5. The fourth-order valence-corrected chi connectivity index (χ4v) is 4.15. The zero-order valence-corrected chi connectivity index (χ0v) is 18.9. The van der Waals surface area contributed by atoms with Crippen LogP contribution >= 0.6 is 11.6 Å². The van der Waals surface area contributed by atoms with Gasteiger partial charge in [-0.05, 0) is 29.8 Å². The first-order valence-electron chi connectivity index (χ1n) is 10.8. The van der Waals surface area contributed by atoms with Crippen LogP contribution in [0.4, 0.5) is 14.6 Å². The van der Waals surface area contributed by atoms with E-state index in [4.69, 9.17) is 26.8 Å². The number of nitrogens with zero attached hydrogens (tertiary/aromatic N) is 3.